The third kappa shape index (κ3) is 3.71. The highest BCUT2D eigenvalue weighted by molar-refractivity contribution is 5.97. The fourth-order valence-corrected chi connectivity index (χ4v) is 1.96. The maximum Gasteiger partial charge on any atom is 0.411 e. The van der Waals surface area contributed by atoms with Crippen molar-refractivity contribution in [2.24, 2.45) is 4.99 Å². The van der Waals surface area contributed by atoms with Crippen molar-refractivity contribution >= 4 is 23.3 Å². The minimum atomic E-state index is -0.428. The molecule has 102 valence electrons. The first kappa shape index (κ1) is 13.4. The lowest BCUT2D eigenvalue weighted by atomic mass is 10.1. The van der Waals surface area contributed by atoms with Crippen LogP contribution in [0.15, 0.2) is 23.2 Å². The summed E-state index contributed by atoms with van der Waals surface area (Å²) in [5, 5.41) is 6.01. The van der Waals surface area contributed by atoms with Crippen LogP contribution in [0, 0.1) is 6.92 Å². The molecular formula is C14H19N3O2. The second-order valence-electron chi connectivity index (χ2n) is 4.43. The number of hydrogen-bond acceptors (Lipinski definition) is 4. The zero-order valence-electron chi connectivity index (χ0n) is 11.3. The molecule has 1 amide bonds. The monoisotopic (exact) mass is 261 g/mol. The van der Waals surface area contributed by atoms with Gasteiger partial charge in [0, 0.05) is 24.3 Å². The van der Waals surface area contributed by atoms with Gasteiger partial charge in [0.05, 0.1) is 6.61 Å². The van der Waals surface area contributed by atoms with Crippen LogP contribution in [0.2, 0.25) is 0 Å². The molecule has 0 aliphatic carbocycles. The van der Waals surface area contributed by atoms with Crippen molar-refractivity contribution in [1.82, 2.24) is 0 Å². The maximum absolute atomic E-state index is 11.3. The number of anilines is 2. The van der Waals surface area contributed by atoms with E-state index in [0.29, 0.717) is 6.61 Å². The highest BCUT2D eigenvalue weighted by Gasteiger charge is 2.09. The van der Waals surface area contributed by atoms with E-state index >= 15 is 0 Å². The van der Waals surface area contributed by atoms with Crippen LogP contribution in [-0.4, -0.2) is 25.1 Å². The average Bonchev–Trinajstić information content (AvgIpc) is 2.86. The van der Waals surface area contributed by atoms with Crippen molar-refractivity contribution in [3.63, 3.8) is 0 Å². The molecule has 1 aliphatic rings. The summed E-state index contributed by atoms with van der Waals surface area (Å²) in [6.45, 7) is 5.04. The quantitative estimate of drug-likeness (QED) is 0.878. The summed E-state index contributed by atoms with van der Waals surface area (Å²) >= 11 is 0. The first-order valence-corrected chi connectivity index (χ1v) is 6.54. The highest BCUT2D eigenvalue weighted by Crippen LogP contribution is 2.21. The van der Waals surface area contributed by atoms with Gasteiger partial charge in [0.15, 0.2) is 0 Å². The van der Waals surface area contributed by atoms with E-state index in [2.05, 4.69) is 15.6 Å². The molecule has 0 spiro atoms. The molecule has 1 aliphatic heterocycles. The lowest BCUT2D eigenvalue weighted by Crippen LogP contribution is -2.14. The van der Waals surface area contributed by atoms with Crippen molar-refractivity contribution in [3.05, 3.63) is 23.8 Å². The van der Waals surface area contributed by atoms with Gasteiger partial charge in [-0.1, -0.05) is 0 Å². The number of amidine groups is 1. The number of nitrogens with one attached hydrogen (secondary N) is 2. The lowest BCUT2D eigenvalue weighted by molar-refractivity contribution is 0.168. The molecule has 19 heavy (non-hydrogen) atoms. The highest BCUT2D eigenvalue weighted by atomic mass is 16.5. The van der Waals surface area contributed by atoms with Crippen LogP contribution in [0.5, 0.6) is 0 Å². The van der Waals surface area contributed by atoms with Crippen LogP contribution >= 0.6 is 0 Å². The summed E-state index contributed by atoms with van der Waals surface area (Å²) in [6.07, 6.45) is 1.69. The molecule has 2 rings (SSSR count). The third-order valence-electron chi connectivity index (χ3n) is 2.90. The van der Waals surface area contributed by atoms with Crippen LogP contribution in [0.3, 0.4) is 0 Å². The fourth-order valence-electron chi connectivity index (χ4n) is 1.96. The summed E-state index contributed by atoms with van der Waals surface area (Å²) in [5.74, 6) is 1.04. The van der Waals surface area contributed by atoms with E-state index in [1.807, 2.05) is 25.1 Å². The molecule has 1 heterocycles. The molecule has 1 aromatic rings. The Morgan fingerprint density at radius 1 is 1.47 bits per heavy atom. The Labute approximate surface area is 113 Å². The van der Waals surface area contributed by atoms with E-state index in [9.17, 15) is 4.79 Å². The molecule has 0 saturated heterocycles. The molecular weight excluding hydrogens is 242 g/mol. The van der Waals surface area contributed by atoms with E-state index in [0.717, 1.165) is 42.2 Å². The van der Waals surface area contributed by atoms with E-state index in [1.54, 1.807) is 6.92 Å². The van der Waals surface area contributed by atoms with Gasteiger partial charge < -0.3 is 10.1 Å². The van der Waals surface area contributed by atoms with Crippen LogP contribution in [0.25, 0.3) is 0 Å². The lowest BCUT2D eigenvalue weighted by Gasteiger charge is -2.11. The fraction of sp³-hybridized carbons (Fsp3) is 0.429. The number of ether oxygens (including phenoxy) is 1. The number of aliphatic imine (C=N–C) groups is 1. The molecule has 0 fully saturated rings. The predicted octanol–water partition coefficient (Wildman–Crippen LogP) is 3.17. The van der Waals surface area contributed by atoms with Crippen LogP contribution < -0.4 is 10.6 Å². The summed E-state index contributed by atoms with van der Waals surface area (Å²) < 4.78 is 4.84. The molecule has 2 N–H and O–H groups in total. The summed E-state index contributed by atoms with van der Waals surface area (Å²) in [7, 11) is 0. The van der Waals surface area contributed by atoms with E-state index < -0.39 is 6.09 Å². The Balaban J connectivity index is 2.02. The Bertz CT molecular complexity index is 497. The summed E-state index contributed by atoms with van der Waals surface area (Å²) in [6, 6.07) is 5.70. The van der Waals surface area contributed by atoms with Gasteiger partial charge in [-0.15, -0.1) is 0 Å². The Kier molecular flexibility index (Phi) is 4.39. The van der Waals surface area contributed by atoms with Gasteiger partial charge in [0.1, 0.15) is 5.84 Å². The molecule has 5 nitrogen and oxygen atoms in total. The first-order valence-electron chi connectivity index (χ1n) is 6.54. The van der Waals surface area contributed by atoms with Gasteiger partial charge in [0.2, 0.25) is 0 Å². The van der Waals surface area contributed by atoms with Crippen molar-refractivity contribution in [2.45, 2.75) is 26.7 Å². The molecule has 0 aromatic heterocycles. The number of hydrogen-bond donors (Lipinski definition) is 2. The second kappa shape index (κ2) is 6.22. The largest absolute Gasteiger partial charge is 0.450 e. The number of benzene rings is 1. The van der Waals surface area contributed by atoms with Crippen LogP contribution in [-0.2, 0) is 4.74 Å². The molecule has 1 aromatic carbocycles. The average molecular weight is 261 g/mol. The van der Waals surface area contributed by atoms with Gasteiger partial charge in [-0.2, -0.15) is 0 Å². The van der Waals surface area contributed by atoms with Crippen molar-refractivity contribution in [2.75, 3.05) is 23.8 Å². The van der Waals surface area contributed by atoms with Crippen molar-refractivity contribution < 1.29 is 9.53 Å². The normalized spacial score (nSPS) is 13.9. The van der Waals surface area contributed by atoms with Crippen molar-refractivity contribution in [3.8, 4) is 0 Å². The minimum absolute atomic E-state index is 0.365. The summed E-state index contributed by atoms with van der Waals surface area (Å²) in [4.78, 5) is 15.7. The Hall–Kier alpha value is -2.04. The topological polar surface area (TPSA) is 62.7 Å². The molecule has 5 heteroatoms. The standard InChI is InChI=1S/C14H19N3O2/c1-3-19-14(18)16-11-6-7-12(10(2)9-11)17-13-5-4-8-15-13/h6-7,9H,3-5,8H2,1-2H3,(H,15,17)(H,16,18). The zero-order chi connectivity index (χ0) is 13.7. The number of amides is 1. The van der Waals surface area contributed by atoms with E-state index in [4.69, 9.17) is 4.74 Å². The van der Waals surface area contributed by atoms with Gasteiger partial charge in [-0.25, -0.2) is 4.79 Å². The van der Waals surface area contributed by atoms with Gasteiger partial charge >= 0.3 is 6.09 Å². The Morgan fingerprint density at radius 2 is 2.32 bits per heavy atom. The maximum atomic E-state index is 11.3. The predicted molar refractivity (Wildman–Crippen MR) is 77.0 cm³/mol. The van der Waals surface area contributed by atoms with Crippen LogP contribution in [0.4, 0.5) is 16.2 Å². The minimum Gasteiger partial charge on any atom is -0.450 e. The van der Waals surface area contributed by atoms with E-state index in [-0.39, 0.29) is 0 Å². The van der Waals surface area contributed by atoms with E-state index in [1.165, 1.54) is 0 Å². The third-order valence-corrected chi connectivity index (χ3v) is 2.90. The molecule has 0 atom stereocenters. The number of rotatable bonds is 3. The molecule has 0 bridgehead atoms. The first-order chi connectivity index (χ1) is 9.19. The second-order valence-corrected chi connectivity index (χ2v) is 4.43. The molecule has 0 radical (unpaired) electrons. The molecule has 0 unspecified atom stereocenters. The molecule has 0 saturated carbocycles. The Morgan fingerprint density at radius 3 is 2.95 bits per heavy atom. The number of carbonyl (C=O) groups is 1. The van der Waals surface area contributed by atoms with Crippen molar-refractivity contribution in [1.29, 1.82) is 0 Å². The number of aryl methyl sites for hydroxylation is 1. The smallest absolute Gasteiger partial charge is 0.411 e. The van der Waals surface area contributed by atoms with Gasteiger partial charge in [-0.05, 0) is 44.0 Å². The van der Waals surface area contributed by atoms with Gasteiger partial charge in [-0.3, -0.25) is 10.3 Å². The van der Waals surface area contributed by atoms with Crippen LogP contribution in [0.1, 0.15) is 25.3 Å². The number of carbonyl (C=O) groups excluding carboxylic acids is 1. The number of nitrogens with zero attached hydrogens (tertiary/aromatic N) is 1. The zero-order valence-corrected chi connectivity index (χ0v) is 11.3. The van der Waals surface area contributed by atoms with Gasteiger partial charge in [0.25, 0.3) is 0 Å². The SMILES string of the molecule is CCOC(=O)Nc1ccc(NC2=NCCC2)c(C)c1. The summed E-state index contributed by atoms with van der Waals surface area (Å²) in [5.41, 5.74) is 2.81.